The minimum absolute atomic E-state index is 0.707. The molecular weight excluding hydrogens is 212 g/mol. The van der Waals surface area contributed by atoms with Crippen molar-refractivity contribution in [3.05, 3.63) is 35.9 Å². The van der Waals surface area contributed by atoms with Crippen LogP contribution >= 0.6 is 0 Å². The van der Waals surface area contributed by atoms with Crippen LogP contribution in [0.15, 0.2) is 30.3 Å². The van der Waals surface area contributed by atoms with Crippen molar-refractivity contribution in [1.29, 1.82) is 0 Å². The maximum Gasteiger partial charge on any atom is 0.0700 e. The summed E-state index contributed by atoms with van der Waals surface area (Å²) in [4.78, 5) is 0. The minimum atomic E-state index is 0.707. The summed E-state index contributed by atoms with van der Waals surface area (Å²) < 4.78 is 11.0. The second-order valence-electron chi connectivity index (χ2n) is 4.17. The van der Waals surface area contributed by atoms with E-state index in [0.717, 1.165) is 26.2 Å². The Morgan fingerprint density at radius 1 is 0.824 bits per heavy atom. The second kappa shape index (κ2) is 10.3. The van der Waals surface area contributed by atoms with Gasteiger partial charge in [-0.25, -0.2) is 0 Å². The van der Waals surface area contributed by atoms with E-state index >= 15 is 0 Å². The highest BCUT2D eigenvalue weighted by Crippen LogP contribution is 1.99. The van der Waals surface area contributed by atoms with Gasteiger partial charge in [0.1, 0.15) is 0 Å². The molecule has 0 aromatic heterocycles. The lowest BCUT2D eigenvalue weighted by Gasteiger charge is -2.05. The zero-order valence-corrected chi connectivity index (χ0v) is 10.9. The Morgan fingerprint density at radius 2 is 1.53 bits per heavy atom. The summed E-state index contributed by atoms with van der Waals surface area (Å²) >= 11 is 0. The Kier molecular flexibility index (Phi) is 8.61. The number of rotatable bonds is 10. The third kappa shape index (κ3) is 7.94. The lowest BCUT2D eigenvalue weighted by molar-refractivity contribution is 0.0475. The Hall–Kier alpha value is -0.860. The number of hydrogen-bond acceptors (Lipinski definition) is 2. The van der Waals surface area contributed by atoms with Gasteiger partial charge in [-0.15, -0.1) is 0 Å². The van der Waals surface area contributed by atoms with E-state index in [4.69, 9.17) is 9.47 Å². The van der Waals surface area contributed by atoms with E-state index in [2.05, 4.69) is 31.2 Å². The van der Waals surface area contributed by atoms with Gasteiger partial charge in [0, 0.05) is 6.61 Å². The van der Waals surface area contributed by atoms with Crippen LogP contribution in [0.1, 0.15) is 31.7 Å². The van der Waals surface area contributed by atoms with Crippen molar-refractivity contribution in [1.82, 2.24) is 0 Å². The fourth-order valence-corrected chi connectivity index (χ4v) is 1.61. The maximum atomic E-state index is 5.52. The summed E-state index contributed by atoms with van der Waals surface area (Å²) in [5, 5.41) is 0. The molecule has 0 N–H and O–H groups in total. The van der Waals surface area contributed by atoms with Crippen LogP contribution in [0.3, 0.4) is 0 Å². The summed E-state index contributed by atoms with van der Waals surface area (Å²) in [7, 11) is 0. The topological polar surface area (TPSA) is 18.5 Å². The first-order valence-electron chi connectivity index (χ1n) is 6.63. The predicted molar refractivity (Wildman–Crippen MR) is 71.3 cm³/mol. The van der Waals surface area contributed by atoms with Crippen molar-refractivity contribution in [2.75, 3.05) is 26.4 Å². The van der Waals surface area contributed by atoms with Crippen LogP contribution < -0.4 is 0 Å². The van der Waals surface area contributed by atoms with Crippen molar-refractivity contribution in [2.45, 2.75) is 32.6 Å². The first-order valence-corrected chi connectivity index (χ1v) is 6.63. The SMILES string of the molecule is CCCCCOCCOCCc1ccccc1. The Bertz CT molecular complexity index is 259. The van der Waals surface area contributed by atoms with Crippen LogP contribution in [-0.4, -0.2) is 26.4 Å². The third-order valence-electron chi connectivity index (χ3n) is 2.64. The molecule has 0 atom stereocenters. The third-order valence-corrected chi connectivity index (χ3v) is 2.64. The minimum Gasteiger partial charge on any atom is -0.379 e. The van der Waals surface area contributed by atoms with Gasteiger partial charge in [0.05, 0.1) is 19.8 Å². The molecular formula is C15H24O2. The molecule has 0 amide bonds. The van der Waals surface area contributed by atoms with E-state index in [1.807, 2.05) is 6.07 Å². The summed E-state index contributed by atoms with van der Waals surface area (Å²) in [5.74, 6) is 0. The molecule has 0 aliphatic rings. The summed E-state index contributed by atoms with van der Waals surface area (Å²) in [6.45, 7) is 5.28. The molecule has 1 aromatic carbocycles. The number of unbranched alkanes of at least 4 members (excludes halogenated alkanes) is 2. The van der Waals surface area contributed by atoms with E-state index in [1.165, 1.54) is 24.8 Å². The van der Waals surface area contributed by atoms with E-state index in [9.17, 15) is 0 Å². The molecule has 1 aromatic rings. The lowest BCUT2D eigenvalue weighted by atomic mass is 10.2. The summed E-state index contributed by atoms with van der Waals surface area (Å²) in [6, 6.07) is 10.4. The highest BCUT2D eigenvalue weighted by molar-refractivity contribution is 5.14. The first-order chi connectivity index (χ1) is 8.43. The molecule has 0 spiro atoms. The van der Waals surface area contributed by atoms with Gasteiger partial charge in [-0.2, -0.15) is 0 Å². The Labute approximate surface area is 105 Å². The standard InChI is InChI=1S/C15H24O2/c1-2-3-7-11-16-13-14-17-12-10-15-8-5-4-6-9-15/h4-6,8-9H,2-3,7,10-14H2,1H3. The van der Waals surface area contributed by atoms with E-state index < -0.39 is 0 Å². The molecule has 96 valence electrons. The van der Waals surface area contributed by atoms with Gasteiger partial charge >= 0.3 is 0 Å². The molecule has 2 heteroatoms. The second-order valence-corrected chi connectivity index (χ2v) is 4.17. The Morgan fingerprint density at radius 3 is 2.24 bits per heavy atom. The first kappa shape index (κ1) is 14.2. The van der Waals surface area contributed by atoms with Crippen LogP contribution in [0.4, 0.5) is 0 Å². The largest absolute Gasteiger partial charge is 0.379 e. The molecule has 17 heavy (non-hydrogen) atoms. The number of hydrogen-bond donors (Lipinski definition) is 0. The van der Waals surface area contributed by atoms with Crippen molar-refractivity contribution < 1.29 is 9.47 Å². The number of benzene rings is 1. The average molecular weight is 236 g/mol. The zero-order chi connectivity index (χ0) is 12.2. The van der Waals surface area contributed by atoms with Gasteiger partial charge in [-0.3, -0.25) is 0 Å². The maximum absolute atomic E-state index is 5.52. The van der Waals surface area contributed by atoms with Crippen molar-refractivity contribution in [2.24, 2.45) is 0 Å². The van der Waals surface area contributed by atoms with E-state index in [-0.39, 0.29) is 0 Å². The fraction of sp³-hybridized carbons (Fsp3) is 0.600. The molecule has 0 saturated heterocycles. The molecule has 0 saturated carbocycles. The fourth-order valence-electron chi connectivity index (χ4n) is 1.61. The van der Waals surface area contributed by atoms with Crippen molar-refractivity contribution >= 4 is 0 Å². The van der Waals surface area contributed by atoms with Gasteiger partial charge < -0.3 is 9.47 Å². The van der Waals surface area contributed by atoms with Gasteiger partial charge in [0.25, 0.3) is 0 Å². The summed E-state index contributed by atoms with van der Waals surface area (Å²) in [6.07, 6.45) is 4.66. The molecule has 0 fully saturated rings. The molecule has 2 nitrogen and oxygen atoms in total. The van der Waals surface area contributed by atoms with Crippen LogP contribution in [0.2, 0.25) is 0 Å². The zero-order valence-electron chi connectivity index (χ0n) is 10.9. The Balaban J connectivity index is 1.85. The molecule has 0 bridgehead atoms. The predicted octanol–water partition coefficient (Wildman–Crippen LogP) is 3.45. The smallest absolute Gasteiger partial charge is 0.0700 e. The van der Waals surface area contributed by atoms with Crippen molar-refractivity contribution in [3.8, 4) is 0 Å². The summed E-state index contributed by atoms with van der Waals surface area (Å²) in [5.41, 5.74) is 1.33. The van der Waals surface area contributed by atoms with Crippen molar-refractivity contribution in [3.63, 3.8) is 0 Å². The van der Waals surface area contributed by atoms with Crippen LogP contribution in [0.5, 0.6) is 0 Å². The molecule has 1 rings (SSSR count). The van der Waals surface area contributed by atoms with Gasteiger partial charge in [-0.05, 0) is 18.4 Å². The highest BCUT2D eigenvalue weighted by Gasteiger charge is 1.93. The van der Waals surface area contributed by atoms with Crippen LogP contribution in [-0.2, 0) is 15.9 Å². The van der Waals surface area contributed by atoms with Gasteiger partial charge in [0.15, 0.2) is 0 Å². The highest BCUT2D eigenvalue weighted by atomic mass is 16.5. The van der Waals surface area contributed by atoms with E-state index in [0.29, 0.717) is 6.61 Å². The molecule has 0 aliphatic heterocycles. The molecule has 0 radical (unpaired) electrons. The molecule has 0 unspecified atom stereocenters. The van der Waals surface area contributed by atoms with E-state index in [1.54, 1.807) is 0 Å². The van der Waals surface area contributed by atoms with Gasteiger partial charge in [-0.1, -0.05) is 50.1 Å². The number of ether oxygens (including phenoxy) is 2. The van der Waals surface area contributed by atoms with Crippen LogP contribution in [0, 0.1) is 0 Å². The quantitative estimate of drug-likeness (QED) is 0.579. The normalized spacial score (nSPS) is 10.6. The van der Waals surface area contributed by atoms with Gasteiger partial charge in [0.2, 0.25) is 0 Å². The molecule has 0 aliphatic carbocycles. The average Bonchev–Trinajstić information content (AvgIpc) is 2.38. The lowest BCUT2D eigenvalue weighted by Crippen LogP contribution is -2.07. The molecule has 0 heterocycles. The van der Waals surface area contributed by atoms with Crippen LogP contribution in [0.25, 0.3) is 0 Å². The monoisotopic (exact) mass is 236 g/mol.